The first kappa shape index (κ1) is 24.3. The van der Waals surface area contributed by atoms with Gasteiger partial charge < -0.3 is 20.9 Å². The van der Waals surface area contributed by atoms with E-state index in [9.17, 15) is 13.6 Å². The molecule has 2 heterocycles. The minimum absolute atomic E-state index is 0.00499. The second kappa shape index (κ2) is 11.5. The maximum atomic E-state index is 14.4. The summed E-state index contributed by atoms with van der Waals surface area (Å²) in [5.41, 5.74) is 3.09. The summed E-state index contributed by atoms with van der Waals surface area (Å²) >= 11 is 0. The van der Waals surface area contributed by atoms with Gasteiger partial charge in [-0.2, -0.15) is 4.98 Å². The van der Waals surface area contributed by atoms with Crippen molar-refractivity contribution in [3.8, 4) is 0 Å². The van der Waals surface area contributed by atoms with E-state index in [1.54, 1.807) is 24.3 Å². The molecule has 4 rings (SSSR count). The Morgan fingerprint density at radius 1 is 1.14 bits per heavy atom. The van der Waals surface area contributed by atoms with E-state index in [-0.39, 0.29) is 24.3 Å². The standard InChI is InChI=1S/C26H28F2N6O/c1-2-24(35)30-21-4-3-5-22(15-21)31-25-23(28)16-29-26(33-25)32-20-8-6-18(7-9-20)14-19-10-12-34(17-19)13-11-27/h2-9,15-16,19H,1,10-14,17H2,(H,30,35)(H2,29,31,32,33)/t19-/m0/s1. The predicted octanol–water partition coefficient (Wildman–Crippen LogP) is 5.06. The van der Waals surface area contributed by atoms with Gasteiger partial charge in [-0.3, -0.25) is 4.79 Å². The Labute approximate surface area is 203 Å². The molecule has 9 heteroatoms. The van der Waals surface area contributed by atoms with Crippen molar-refractivity contribution in [1.82, 2.24) is 14.9 Å². The molecule has 1 aromatic heterocycles. The summed E-state index contributed by atoms with van der Waals surface area (Å²) in [5, 5.41) is 8.68. The molecule has 35 heavy (non-hydrogen) atoms. The molecule has 1 fully saturated rings. The van der Waals surface area contributed by atoms with Crippen LogP contribution < -0.4 is 16.0 Å². The summed E-state index contributed by atoms with van der Waals surface area (Å²) < 4.78 is 26.9. The molecule has 1 aliphatic heterocycles. The molecular weight excluding hydrogens is 450 g/mol. The van der Waals surface area contributed by atoms with Crippen molar-refractivity contribution in [2.75, 3.05) is 42.3 Å². The van der Waals surface area contributed by atoms with Crippen LogP contribution in [0.15, 0.2) is 67.4 Å². The molecule has 0 aliphatic carbocycles. The van der Waals surface area contributed by atoms with Gasteiger partial charge in [-0.05, 0) is 67.3 Å². The Morgan fingerprint density at radius 2 is 1.94 bits per heavy atom. The first-order chi connectivity index (χ1) is 17.0. The van der Waals surface area contributed by atoms with Crippen molar-refractivity contribution < 1.29 is 13.6 Å². The second-order valence-electron chi connectivity index (χ2n) is 8.46. The average molecular weight is 479 g/mol. The van der Waals surface area contributed by atoms with Crippen LogP contribution in [0, 0.1) is 11.7 Å². The van der Waals surface area contributed by atoms with E-state index in [0.717, 1.165) is 37.8 Å². The number of hydrogen-bond donors (Lipinski definition) is 3. The number of nitrogens with one attached hydrogen (secondary N) is 3. The van der Waals surface area contributed by atoms with Crippen LogP contribution in [0.25, 0.3) is 0 Å². The van der Waals surface area contributed by atoms with Gasteiger partial charge in [-0.15, -0.1) is 0 Å². The minimum Gasteiger partial charge on any atom is -0.338 e. The van der Waals surface area contributed by atoms with Crippen LogP contribution in [0.4, 0.5) is 37.6 Å². The Balaban J connectivity index is 1.38. The summed E-state index contributed by atoms with van der Waals surface area (Å²) in [6.45, 7) is 5.54. The topological polar surface area (TPSA) is 82.2 Å². The molecule has 1 amide bonds. The zero-order valence-corrected chi connectivity index (χ0v) is 19.3. The third-order valence-electron chi connectivity index (χ3n) is 5.83. The number of benzene rings is 2. The van der Waals surface area contributed by atoms with Crippen molar-refractivity contribution in [1.29, 1.82) is 0 Å². The van der Waals surface area contributed by atoms with Crippen LogP contribution in [0.1, 0.15) is 12.0 Å². The SMILES string of the molecule is C=CC(=O)Nc1cccc(Nc2nc(Nc3ccc(C[C@@H]4CCN(CCF)C4)cc3)ncc2F)c1. The van der Waals surface area contributed by atoms with Crippen LogP contribution in [-0.4, -0.2) is 47.1 Å². The zero-order valence-electron chi connectivity index (χ0n) is 19.3. The summed E-state index contributed by atoms with van der Waals surface area (Å²) in [6.07, 6.45) is 4.31. The smallest absolute Gasteiger partial charge is 0.247 e. The molecule has 0 saturated carbocycles. The van der Waals surface area contributed by atoms with Gasteiger partial charge in [-0.25, -0.2) is 13.8 Å². The van der Waals surface area contributed by atoms with Crippen LogP contribution in [-0.2, 0) is 11.2 Å². The number of rotatable bonds is 10. The summed E-state index contributed by atoms with van der Waals surface area (Å²) in [5.74, 6) is -0.154. The Hall–Kier alpha value is -3.85. The number of aromatic nitrogens is 2. The molecule has 2 aromatic carbocycles. The predicted molar refractivity (Wildman–Crippen MR) is 134 cm³/mol. The maximum absolute atomic E-state index is 14.4. The van der Waals surface area contributed by atoms with Crippen molar-refractivity contribution >= 4 is 34.7 Å². The largest absolute Gasteiger partial charge is 0.338 e. The van der Waals surface area contributed by atoms with E-state index in [4.69, 9.17) is 0 Å². The molecular formula is C26H28F2N6O. The number of amides is 1. The average Bonchev–Trinajstić information content (AvgIpc) is 3.29. The molecule has 3 N–H and O–H groups in total. The molecule has 1 aliphatic rings. The molecule has 0 bridgehead atoms. The second-order valence-corrected chi connectivity index (χ2v) is 8.46. The minimum atomic E-state index is -0.607. The highest BCUT2D eigenvalue weighted by molar-refractivity contribution is 5.99. The lowest BCUT2D eigenvalue weighted by molar-refractivity contribution is -0.111. The molecule has 1 saturated heterocycles. The molecule has 7 nitrogen and oxygen atoms in total. The van der Waals surface area contributed by atoms with Crippen molar-refractivity contribution in [2.24, 2.45) is 5.92 Å². The lowest BCUT2D eigenvalue weighted by Crippen LogP contribution is -2.23. The molecule has 1 atom stereocenters. The summed E-state index contributed by atoms with van der Waals surface area (Å²) in [6, 6.07) is 14.8. The number of nitrogens with zero attached hydrogens (tertiary/aromatic N) is 3. The Kier molecular flexibility index (Phi) is 7.99. The summed E-state index contributed by atoms with van der Waals surface area (Å²) in [4.78, 5) is 22.0. The van der Waals surface area contributed by atoms with E-state index < -0.39 is 5.82 Å². The lowest BCUT2D eigenvalue weighted by atomic mass is 9.98. The quantitative estimate of drug-likeness (QED) is 0.354. The van der Waals surface area contributed by atoms with E-state index in [1.165, 1.54) is 11.6 Å². The highest BCUT2D eigenvalue weighted by atomic mass is 19.1. The van der Waals surface area contributed by atoms with E-state index in [2.05, 4.69) is 37.4 Å². The number of hydrogen-bond acceptors (Lipinski definition) is 6. The molecule has 0 radical (unpaired) electrons. The van der Waals surface area contributed by atoms with Gasteiger partial charge in [0.2, 0.25) is 11.9 Å². The van der Waals surface area contributed by atoms with Crippen LogP contribution in [0.3, 0.4) is 0 Å². The third-order valence-corrected chi connectivity index (χ3v) is 5.83. The van der Waals surface area contributed by atoms with Gasteiger partial charge in [0.05, 0.1) is 6.20 Å². The zero-order chi connectivity index (χ0) is 24.6. The Morgan fingerprint density at radius 3 is 2.71 bits per heavy atom. The number of carbonyl (C=O) groups is 1. The Bertz CT molecular complexity index is 1170. The first-order valence-electron chi connectivity index (χ1n) is 11.5. The van der Waals surface area contributed by atoms with Gasteiger partial charge in [0.15, 0.2) is 11.6 Å². The van der Waals surface area contributed by atoms with Gasteiger partial charge in [0.1, 0.15) is 6.67 Å². The van der Waals surface area contributed by atoms with Crippen molar-refractivity contribution in [3.05, 3.63) is 78.8 Å². The van der Waals surface area contributed by atoms with Gasteiger partial charge >= 0.3 is 0 Å². The number of halogens is 2. The van der Waals surface area contributed by atoms with Crippen LogP contribution in [0.2, 0.25) is 0 Å². The molecule has 3 aromatic rings. The fraction of sp³-hybridized carbons (Fsp3) is 0.269. The fourth-order valence-electron chi connectivity index (χ4n) is 4.11. The highest BCUT2D eigenvalue weighted by Crippen LogP contribution is 2.24. The van der Waals surface area contributed by atoms with Crippen LogP contribution >= 0.6 is 0 Å². The number of carbonyl (C=O) groups excluding carboxylic acids is 1. The highest BCUT2D eigenvalue weighted by Gasteiger charge is 2.22. The molecule has 0 unspecified atom stereocenters. The molecule has 0 spiro atoms. The van der Waals surface area contributed by atoms with Crippen molar-refractivity contribution in [3.63, 3.8) is 0 Å². The lowest BCUT2D eigenvalue weighted by Gasteiger charge is -2.14. The van der Waals surface area contributed by atoms with Gasteiger partial charge in [-0.1, -0.05) is 24.8 Å². The number of anilines is 5. The first-order valence-corrected chi connectivity index (χ1v) is 11.5. The fourth-order valence-corrected chi connectivity index (χ4v) is 4.11. The van der Waals surface area contributed by atoms with Crippen molar-refractivity contribution in [2.45, 2.75) is 12.8 Å². The van der Waals surface area contributed by atoms with Crippen LogP contribution in [0.5, 0.6) is 0 Å². The van der Waals surface area contributed by atoms with E-state index in [0.29, 0.717) is 23.8 Å². The van der Waals surface area contributed by atoms with E-state index in [1.807, 2.05) is 24.3 Å². The van der Waals surface area contributed by atoms with Gasteiger partial charge in [0, 0.05) is 30.2 Å². The number of alkyl halides is 1. The molecule has 182 valence electrons. The normalized spacial score (nSPS) is 15.5. The summed E-state index contributed by atoms with van der Waals surface area (Å²) in [7, 11) is 0. The maximum Gasteiger partial charge on any atom is 0.247 e. The van der Waals surface area contributed by atoms with Gasteiger partial charge in [0.25, 0.3) is 0 Å². The third kappa shape index (κ3) is 6.83. The van der Waals surface area contributed by atoms with E-state index >= 15 is 0 Å². The monoisotopic (exact) mass is 478 g/mol. The number of likely N-dealkylation sites (tertiary alicyclic amines) is 1.